The van der Waals surface area contributed by atoms with E-state index in [1.54, 1.807) is 30.3 Å². The van der Waals surface area contributed by atoms with E-state index in [1.807, 2.05) is 31.2 Å². The molecule has 0 aromatic heterocycles. The molecule has 0 amide bonds. The zero-order valence-electron chi connectivity index (χ0n) is 15.0. The van der Waals surface area contributed by atoms with Crippen molar-refractivity contribution < 1.29 is 18.7 Å². The maximum Gasteiger partial charge on any atom is 0.231 e. The molecule has 0 N–H and O–H groups in total. The van der Waals surface area contributed by atoms with Gasteiger partial charge in [-0.1, -0.05) is 40.2 Å². The van der Waals surface area contributed by atoms with Gasteiger partial charge in [-0.2, -0.15) is 0 Å². The van der Waals surface area contributed by atoms with E-state index in [2.05, 4.69) is 15.9 Å². The van der Waals surface area contributed by atoms with Crippen LogP contribution in [0.2, 0.25) is 0 Å². The summed E-state index contributed by atoms with van der Waals surface area (Å²) in [5.74, 6) is 0.992. The van der Waals surface area contributed by atoms with Gasteiger partial charge in [0.1, 0.15) is 23.9 Å². The predicted octanol–water partition coefficient (Wildman–Crippen LogP) is 6.09. The lowest BCUT2D eigenvalue weighted by atomic mass is 10.1. The number of ketones is 1. The highest BCUT2D eigenvalue weighted by molar-refractivity contribution is 9.10. The average molecular weight is 439 g/mol. The molecule has 0 atom stereocenters. The predicted molar refractivity (Wildman–Crippen MR) is 109 cm³/mol. The van der Waals surface area contributed by atoms with E-state index in [9.17, 15) is 9.18 Å². The Labute approximate surface area is 170 Å². The second kappa shape index (κ2) is 7.60. The van der Waals surface area contributed by atoms with Crippen LogP contribution in [0.15, 0.2) is 70.9 Å². The van der Waals surface area contributed by atoms with Gasteiger partial charge in [0, 0.05) is 10.0 Å². The van der Waals surface area contributed by atoms with Crippen LogP contribution in [0.4, 0.5) is 4.39 Å². The minimum Gasteiger partial charge on any atom is -0.488 e. The summed E-state index contributed by atoms with van der Waals surface area (Å²) in [4.78, 5) is 12.7. The van der Waals surface area contributed by atoms with Gasteiger partial charge in [0.15, 0.2) is 5.76 Å². The summed E-state index contributed by atoms with van der Waals surface area (Å²) in [5.41, 5.74) is 3.00. The van der Waals surface area contributed by atoms with Crippen molar-refractivity contribution in [2.75, 3.05) is 0 Å². The van der Waals surface area contributed by atoms with E-state index in [-0.39, 0.29) is 17.4 Å². The van der Waals surface area contributed by atoms with Crippen molar-refractivity contribution in [1.82, 2.24) is 0 Å². The number of ether oxygens (including phenoxy) is 2. The molecule has 28 heavy (non-hydrogen) atoms. The zero-order chi connectivity index (χ0) is 19.7. The van der Waals surface area contributed by atoms with Crippen molar-refractivity contribution in [3.8, 4) is 11.5 Å². The summed E-state index contributed by atoms with van der Waals surface area (Å²) in [6, 6.07) is 17.3. The van der Waals surface area contributed by atoms with E-state index in [0.29, 0.717) is 23.7 Å². The maximum atomic E-state index is 13.0. The molecule has 3 nitrogen and oxygen atoms in total. The lowest BCUT2D eigenvalue weighted by Gasteiger charge is -2.11. The fourth-order valence-corrected chi connectivity index (χ4v) is 3.43. The maximum absolute atomic E-state index is 13.0. The Hall–Kier alpha value is -2.92. The monoisotopic (exact) mass is 438 g/mol. The second-order valence-corrected chi connectivity index (χ2v) is 7.39. The van der Waals surface area contributed by atoms with Crippen molar-refractivity contribution in [2.45, 2.75) is 13.5 Å². The van der Waals surface area contributed by atoms with Crippen LogP contribution < -0.4 is 9.47 Å². The molecule has 0 spiro atoms. The lowest BCUT2D eigenvalue weighted by Crippen LogP contribution is -1.98. The first-order chi connectivity index (χ1) is 13.5. The Balaban J connectivity index is 1.57. The Morgan fingerprint density at radius 2 is 1.89 bits per heavy atom. The van der Waals surface area contributed by atoms with Crippen LogP contribution in [0.25, 0.3) is 6.08 Å². The van der Waals surface area contributed by atoms with Gasteiger partial charge in [-0.15, -0.1) is 0 Å². The number of rotatable bonds is 4. The molecule has 3 aromatic rings. The van der Waals surface area contributed by atoms with Gasteiger partial charge in [0.05, 0.1) is 5.56 Å². The van der Waals surface area contributed by atoms with Crippen molar-refractivity contribution in [3.05, 3.63) is 99.0 Å². The van der Waals surface area contributed by atoms with Gasteiger partial charge < -0.3 is 9.47 Å². The van der Waals surface area contributed by atoms with Crippen LogP contribution >= 0.6 is 15.9 Å². The van der Waals surface area contributed by atoms with Crippen molar-refractivity contribution in [3.63, 3.8) is 0 Å². The van der Waals surface area contributed by atoms with E-state index >= 15 is 0 Å². The van der Waals surface area contributed by atoms with Crippen molar-refractivity contribution in [1.29, 1.82) is 0 Å². The SMILES string of the molecule is Cc1c(OCc2ccc(F)cc2)ccc2c1O/C(=C\c1cccc(Br)c1)C2=O. The molecule has 0 saturated carbocycles. The third kappa shape index (κ3) is 3.71. The topological polar surface area (TPSA) is 35.5 Å². The minimum absolute atomic E-state index is 0.150. The Morgan fingerprint density at radius 3 is 2.64 bits per heavy atom. The molecule has 5 heteroatoms. The summed E-state index contributed by atoms with van der Waals surface area (Å²) in [7, 11) is 0. The molecule has 0 bridgehead atoms. The van der Waals surface area contributed by atoms with Crippen LogP contribution in [0, 0.1) is 12.7 Å². The number of benzene rings is 3. The van der Waals surface area contributed by atoms with E-state index in [4.69, 9.17) is 9.47 Å². The number of hydrogen-bond acceptors (Lipinski definition) is 3. The van der Waals surface area contributed by atoms with Crippen LogP contribution in [-0.4, -0.2) is 5.78 Å². The highest BCUT2D eigenvalue weighted by Crippen LogP contribution is 2.39. The summed E-state index contributed by atoms with van der Waals surface area (Å²) in [5, 5.41) is 0. The lowest BCUT2D eigenvalue weighted by molar-refractivity contribution is 0.101. The van der Waals surface area contributed by atoms with Crippen LogP contribution in [0.1, 0.15) is 27.0 Å². The fourth-order valence-electron chi connectivity index (χ4n) is 3.01. The molecular weight excluding hydrogens is 423 g/mol. The van der Waals surface area contributed by atoms with Crippen LogP contribution in [-0.2, 0) is 6.61 Å². The molecule has 0 unspecified atom stereocenters. The molecule has 140 valence electrons. The van der Waals surface area contributed by atoms with Gasteiger partial charge >= 0.3 is 0 Å². The number of carbonyl (C=O) groups excluding carboxylic acids is 1. The summed E-state index contributed by atoms with van der Waals surface area (Å²) in [6.07, 6.45) is 1.73. The number of fused-ring (bicyclic) bond motifs is 1. The van der Waals surface area contributed by atoms with Crippen LogP contribution in [0.3, 0.4) is 0 Å². The molecular formula is C23H16BrFO3. The molecule has 0 radical (unpaired) electrons. The molecule has 1 aliphatic rings. The Morgan fingerprint density at radius 1 is 1.11 bits per heavy atom. The molecule has 0 aliphatic carbocycles. The van der Waals surface area contributed by atoms with Gasteiger partial charge in [-0.05, 0) is 60.5 Å². The number of allylic oxidation sites excluding steroid dienone is 1. The van der Waals surface area contributed by atoms with Gasteiger partial charge in [-0.3, -0.25) is 4.79 Å². The first-order valence-electron chi connectivity index (χ1n) is 8.72. The molecule has 0 fully saturated rings. The number of halogens is 2. The van der Waals surface area contributed by atoms with Gasteiger partial charge in [0.2, 0.25) is 5.78 Å². The number of hydrogen-bond donors (Lipinski definition) is 0. The van der Waals surface area contributed by atoms with Crippen molar-refractivity contribution in [2.24, 2.45) is 0 Å². The normalized spacial score (nSPS) is 14.1. The van der Waals surface area contributed by atoms with Crippen molar-refractivity contribution >= 4 is 27.8 Å². The Kier molecular flexibility index (Phi) is 5.01. The zero-order valence-corrected chi connectivity index (χ0v) is 16.6. The first kappa shape index (κ1) is 18.4. The van der Waals surface area contributed by atoms with Crippen LogP contribution in [0.5, 0.6) is 11.5 Å². The van der Waals surface area contributed by atoms with E-state index in [1.165, 1.54) is 12.1 Å². The molecule has 1 aliphatic heterocycles. The Bertz CT molecular complexity index is 1090. The third-order valence-electron chi connectivity index (χ3n) is 4.49. The summed E-state index contributed by atoms with van der Waals surface area (Å²) >= 11 is 3.42. The van der Waals surface area contributed by atoms with Gasteiger partial charge in [-0.25, -0.2) is 4.39 Å². The molecule has 1 heterocycles. The van der Waals surface area contributed by atoms with E-state index < -0.39 is 0 Å². The molecule has 0 saturated heterocycles. The number of Topliss-reactive ketones (excluding diaryl/α,β-unsaturated/α-hetero) is 1. The first-order valence-corrected chi connectivity index (χ1v) is 9.51. The average Bonchev–Trinajstić information content (AvgIpc) is 2.99. The third-order valence-corrected chi connectivity index (χ3v) is 4.98. The minimum atomic E-state index is -0.283. The van der Waals surface area contributed by atoms with Gasteiger partial charge in [0.25, 0.3) is 0 Å². The molecule has 4 rings (SSSR count). The molecule has 3 aromatic carbocycles. The standard InChI is InChI=1S/C23H16BrFO3/c1-14-20(27-13-15-5-7-18(25)8-6-15)10-9-19-22(26)21(28-23(14)19)12-16-3-2-4-17(24)11-16/h2-12H,13H2,1H3/b21-12-. The highest BCUT2D eigenvalue weighted by atomic mass is 79.9. The summed E-state index contributed by atoms with van der Waals surface area (Å²) in [6.45, 7) is 2.16. The summed E-state index contributed by atoms with van der Waals surface area (Å²) < 4.78 is 25.7. The number of carbonyl (C=O) groups is 1. The second-order valence-electron chi connectivity index (χ2n) is 6.48. The fraction of sp³-hybridized carbons (Fsp3) is 0.0870. The van der Waals surface area contributed by atoms with E-state index in [0.717, 1.165) is 21.2 Å². The largest absolute Gasteiger partial charge is 0.488 e. The highest BCUT2D eigenvalue weighted by Gasteiger charge is 2.30. The smallest absolute Gasteiger partial charge is 0.231 e. The quantitative estimate of drug-likeness (QED) is 0.462.